The quantitative estimate of drug-likeness (QED) is 0.731. The molecule has 0 aliphatic carbocycles. The normalized spacial score (nSPS) is 11.3. The summed E-state index contributed by atoms with van der Waals surface area (Å²) in [5.74, 6) is -0.836. The summed E-state index contributed by atoms with van der Waals surface area (Å²) in [6.45, 7) is 0. The molecule has 0 amide bonds. The van der Waals surface area contributed by atoms with Gasteiger partial charge in [-0.1, -0.05) is 24.3 Å². The Labute approximate surface area is 101 Å². The van der Waals surface area contributed by atoms with E-state index in [-0.39, 0.29) is 5.75 Å². The minimum Gasteiger partial charge on any atom is -0.406 e. The molecule has 2 rings (SSSR count). The second kappa shape index (κ2) is 4.68. The lowest BCUT2D eigenvalue weighted by molar-refractivity contribution is -0.274. The highest BCUT2D eigenvalue weighted by atomic mass is 19.4. The van der Waals surface area contributed by atoms with Crippen molar-refractivity contribution >= 4 is 0 Å². The van der Waals surface area contributed by atoms with Gasteiger partial charge in [0.15, 0.2) is 0 Å². The molecule has 0 unspecified atom stereocenters. The zero-order valence-electron chi connectivity index (χ0n) is 8.96. The van der Waals surface area contributed by atoms with Crippen LogP contribution in [0.25, 0.3) is 11.1 Å². The van der Waals surface area contributed by atoms with Gasteiger partial charge in [0.25, 0.3) is 0 Å². The number of halogens is 4. The minimum atomic E-state index is -4.71. The lowest BCUT2D eigenvalue weighted by Gasteiger charge is -2.09. The Balaban J connectivity index is 2.22. The summed E-state index contributed by atoms with van der Waals surface area (Å²) in [5, 5.41) is 0. The van der Waals surface area contributed by atoms with Crippen LogP contribution in [0.2, 0.25) is 0 Å². The van der Waals surface area contributed by atoms with E-state index in [0.717, 1.165) is 0 Å². The molecule has 1 radical (unpaired) electrons. The maximum Gasteiger partial charge on any atom is 0.573 e. The number of rotatable bonds is 2. The molecule has 0 fully saturated rings. The Morgan fingerprint density at radius 3 is 2.17 bits per heavy atom. The molecule has 0 N–H and O–H groups in total. The number of benzene rings is 2. The van der Waals surface area contributed by atoms with Crippen LogP contribution in [0.5, 0.6) is 5.75 Å². The van der Waals surface area contributed by atoms with Crippen molar-refractivity contribution in [2.24, 2.45) is 0 Å². The smallest absolute Gasteiger partial charge is 0.406 e. The number of hydrogen-bond donors (Lipinski definition) is 0. The van der Waals surface area contributed by atoms with Crippen molar-refractivity contribution in [3.8, 4) is 16.9 Å². The molecule has 0 aromatic heterocycles. The summed E-state index contributed by atoms with van der Waals surface area (Å²) in [7, 11) is 0. The van der Waals surface area contributed by atoms with Gasteiger partial charge < -0.3 is 4.74 Å². The first-order valence-corrected chi connectivity index (χ1v) is 4.97. The molecular weight excluding hydrogens is 248 g/mol. The number of alkyl halides is 3. The Kier molecular flexibility index (Phi) is 3.23. The highest BCUT2D eigenvalue weighted by Crippen LogP contribution is 2.26. The fourth-order valence-corrected chi connectivity index (χ4v) is 1.47. The van der Waals surface area contributed by atoms with E-state index in [9.17, 15) is 17.6 Å². The summed E-state index contributed by atoms with van der Waals surface area (Å²) in [5.41, 5.74) is 1.15. The molecule has 0 bridgehead atoms. The Bertz CT molecular complexity index is 531. The van der Waals surface area contributed by atoms with Crippen molar-refractivity contribution in [2.45, 2.75) is 6.36 Å². The molecule has 0 aliphatic heterocycles. The molecule has 0 aliphatic rings. The maximum atomic E-state index is 12.9. The first-order chi connectivity index (χ1) is 8.44. The van der Waals surface area contributed by atoms with E-state index < -0.39 is 12.2 Å². The molecule has 0 saturated heterocycles. The van der Waals surface area contributed by atoms with Gasteiger partial charge in [-0.2, -0.15) is 0 Å². The lowest BCUT2D eigenvalue weighted by Crippen LogP contribution is -2.16. The van der Waals surface area contributed by atoms with Crippen molar-refractivity contribution in [1.29, 1.82) is 0 Å². The summed E-state index contributed by atoms with van der Waals surface area (Å²) >= 11 is 0. The standard InChI is InChI=1S/C13H7F4O/c14-11-3-1-2-10(8-11)9-4-6-12(7-5-9)18-13(15,16)17/h1-2,4-8H. The van der Waals surface area contributed by atoms with Gasteiger partial charge in [-0.05, 0) is 29.3 Å². The van der Waals surface area contributed by atoms with Crippen LogP contribution in [-0.4, -0.2) is 6.36 Å². The van der Waals surface area contributed by atoms with Gasteiger partial charge in [-0.25, -0.2) is 4.39 Å². The molecule has 93 valence electrons. The summed E-state index contributed by atoms with van der Waals surface area (Å²) in [6.07, 6.45) is -4.71. The molecule has 1 nitrogen and oxygen atoms in total. The molecular formula is C13H7F4O. The Morgan fingerprint density at radius 2 is 1.61 bits per heavy atom. The minimum absolute atomic E-state index is 0.311. The van der Waals surface area contributed by atoms with Gasteiger partial charge in [-0.15, -0.1) is 13.2 Å². The van der Waals surface area contributed by atoms with E-state index in [1.807, 2.05) is 0 Å². The van der Waals surface area contributed by atoms with Crippen LogP contribution >= 0.6 is 0 Å². The monoisotopic (exact) mass is 255 g/mol. The van der Waals surface area contributed by atoms with E-state index in [2.05, 4.69) is 10.8 Å². The van der Waals surface area contributed by atoms with Crippen molar-refractivity contribution in [3.05, 3.63) is 54.3 Å². The van der Waals surface area contributed by atoms with Crippen molar-refractivity contribution in [3.63, 3.8) is 0 Å². The average Bonchev–Trinajstić information content (AvgIpc) is 2.28. The van der Waals surface area contributed by atoms with Gasteiger partial charge in [0, 0.05) is 6.07 Å². The summed E-state index contributed by atoms with van der Waals surface area (Å²) in [4.78, 5) is 0. The first kappa shape index (κ1) is 12.4. The lowest BCUT2D eigenvalue weighted by atomic mass is 10.1. The molecule has 0 saturated carbocycles. The van der Waals surface area contributed by atoms with Gasteiger partial charge in [0.2, 0.25) is 0 Å². The van der Waals surface area contributed by atoms with Crippen LogP contribution in [0.4, 0.5) is 17.6 Å². The van der Waals surface area contributed by atoms with Crippen LogP contribution < -0.4 is 4.74 Å². The zero-order valence-corrected chi connectivity index (χ0v) is 8.96. The van der Waals surface area contributed by atoms with Gasteiger partial charge >= 0.3 is 6.36 Å². The molecule has 2 aromatic rings. The summed E-state index contributed by atoms with van der Waals surface area (Å²) in [6, 6.07) is 11.8. The van der Waals surface area contributed by atoms with Crippen LogP contribution in [0, 0.1) is 11.9 Å². The molecule has 0 atom stereocenters. The van der Waals surface area contributed by atoms with Crippen LogP contribution in [0.3, 0.4) is 0 Å². The third kappa shape index (κ3) is 3.23. The second-order valence-electron chi connectivity index (χ2n) is 3.50. The van der Waals surface area contributed by atoms with Crippen molar-refractivity contribution in [1.82, 2.24) is 0 Å². The maximum absolute atomic E-state index is 12.9. The van der Waals surface area contributed by atoms with E-state index >= 15 is 0 Å². The third-order valence-electron chi connectivity index (χ3n) is 2.19. The van der Waals surface area contributed by atoms with Crippen molar-refractivity contribution < 1.29 is 22.3 Å². The van der Waals surface area contributed by atoms with E-state index in [0.29, 0.717) is 11.1 Å². The highest BCUT2D eigenvalue weighted by molar-refractivity contribution is 5.63. The molecule has 0 heterocycles. The number of ether oxygens (including phenoxy) is 1. The molecule has 2 aromatic carbocycles. The van der Waals surface area contributed by atoms with E-state index in [1.165, 1.54) is 36.4 Å². The first-order valence-electron chi connectivity index (χ1n) is 4.97. The zero-order chi connectivity index (χ0) is 13.2. The summed E-state index contributed by atoms with van der Waals surface area (Å²) < 4.78 is 52.5. The van der Waals surface area contributed by atoms with Crippen LogP contribution in [-0.2, 0) is 0 Å². The van der Waals surface area contributed by atoms with Crippen LogP contribution in [0.15, 0.2) is 42.5 Å². The Hall–Kier alpha value is -2.04. The predicted octanol–water partition coefficient (Wildman–Crippen LogP) is 4.19. The Morgan fingerprint density at radius 1 is 0.944 bits per heavy atom. The fraction of sp³-hybridized carbons (Fsp3) is 0.0769. The largest absolute Gasteiger partial charge is 0.573 e. The van der Waals surface area contributed by atoms with Gasteiger partial charge in [-0.3, -0.25) is 0 Å². The molecule has 0 spiro atoms. The second-order valence-corrected chi connectivity index (χ2v) is 3.50. The van der Waals surface area contributed by atoms with Crippen molar-refractivity contribution in [2.75, 3.05) is 0 Å². The fourth-order valence-electron chi connectivity index (χ4n) is 1.47. The average molecular weight is 255 g/mol. The predicted molar refractivity (Wildman–Crippen MR) is 57.4 cm³/mol. The van der Waals surface area contributed by atoms with E-state index in [1.54, 1.807) is 6.07 Å². The third-order valence-corrected chi connectivity index (χ3v) is 2.19. The topological polar surface area (TPSA) is 9.23 Å². The van der Waals surface area contributed by atoms with Gasteiger partial charge in [0.05, 0.1) is 0 Å². The van der Waals surface area contributed by atoms with Gasteiger partial charge in [0.1, 0.15) is 11.6 Å². The molecule has 18 heavy (non-hydrogen) atoms. The molecule has 5 heteroatoms. The van der Waals surface area contributed by atoms with E-state index in [4.69, 9.17) is 0 Å². The SMILES string of the molecule is Fc1[c]ccc(-c2ccc(OC(F)(F)F)cc2)c1. The number of hydrogen-bond acceptors (Lipinski definition) is 1. The van der Waals surface area contributed by atoms with Crippen LogP contribution in [0.1, 0.15) is 0 Å². The highest BCUT2D eigenvalue weighted by Gasteiger charge is 2.30.